The average Bonchev–Trinajstić information content (AvgIpc) is 3.56. The molecule has 3 aliphatic rings. The number of methoxy groups -OCH3 is 1. The minimum atomic E-state index is -1.06. The molecule has 5 rings (SSSR count). The number of rotatable bonds is 6. The molecular formula is C25H29N3O4. The Labute approximate surface area is 188 Å². The molecule has 2 aromatic rings. The predicted molar refractivity (Wildman–Crippen MR) is 118 cm³/mol. The fourth-order valence-electron chi connectivity index (χ4n) is 4.90. The van der Waals surface area contributed by atoms with E-state index >= 15 is 0 Å². The summed E-state index contributed by atoms with van der Waals surface area (Å²) in [5.41, 5.74) is 0.912. The molecule has 1 spiro atoms. The van der Waals surface area contributed by atoms with E-state index in [1.165, 1.54) is 0 Å². The molecule has 2 atom stereocenters. The number of pyridine rings is 1. The molecule has 0 N–H and O–H groups in total. The van der Waals surface area contributed by atoms with Crippen molar-refractivity contribution in [2.45, 2.75) is 37.3 Å². The maximum Gasteiger partial charge on any atom is 0.257 e. The van der Waals surface area contributed by atoms with Crippen LogP contribution in [0.5, 0.6) is 5.75 Å². The Hall–Kier alpha value is -2.93. The van der Waals surface area contributed by atoms with Gasteiger partial charge in [-0.05, 0) is 48.1 Å². The van der Waals surface area contributed by atoms with E-state index in [-0.39, 0.29) is 17.7 Å². The summed E-state index contributed by atoms with van der Waals surface area (Å²) in [5, 5.41) is 0. The number of morpholine rings is 1. The van der Waals surface area contributed by atoms with Crippen LogP contribution in [-0.4, -0.2) is 65.6 Å². The van der Waals surface area contributed by atoms with E-state index in [4.69, 9.17) is 9.47 Å². The Kier molecular flexibility index (Phi) is 5.59. The van der Waals surface area contributed by atoms with Crippen LogP contribution in [0.3, 0.4) is 0 Å². The van der Waals surface area contributed by atoms with Gasteiger partial charge in [0.2, 0.25) is 5.91 Å². The highest BCUT2D eigenvalue weighted by atomic mass is 16.5. The van der Waals surface area contributed by atoms with Gasteiger partial charge < -0.3 is 19.3 Å². The summed E-state index contributed by atoms with van der Waals surface area (Å²) >= 11 is 0. The Morgan fingerprint density at radius 3 is 2.75 bits per heavy atom. The van der Waals surface area contributed by atoms with E-state index < -0.39 is 5.60 Å². The van der Waals surface area contributed by atoms with Crippen LogP contribution in [0.4, 0.5) is 0 Å². The topological polar surface area (TPSA) is 72.0 Å². The normalized spacial score (nSPS) is 25.4. The lowest BCUT2D eigenvalue weighted by atomic mass is 9.83. The largest absolute Gasteiger partial charge is 0.497 e. The second-order valence-corrected chi connectivity index (χ2v) is 9.07. The molecule has 2 saturated heterocycles. The van der Waals surface area contributed by atoms with Gasteiger partial charge in [-0.25, -0.2) is 0 Å². The predicted octanol–water partition coefficient (Wildman–Crippen LogP) is 2.61. The number of aromatic nitrogens is 1. The minimum absolute atomic E-state index is 0.0462. The summed E-state index contributed by atoms with van der Waals surface area (Å²) in [5.74, 6) is 1.14. The first-order chi connectivity index (χ1) is 15.6. The number of hydrogen-bond donors (Lipinski definition) is 0. The number of benzene rings is 1. The first-order valence-electron chi connectivity index (χ1n) is 11.3. The summed E-state index contributed by atoms with van der Waals surface area (Å²) in [6.07, 6.45) is 6.34. The monoisotopic (exact) mass is 435 g/mol. The fraction of sp³-hybridized carbons (Fsp3) is 0.480. The molecule has 3 fully saturated rings. The smallest absolute Gasteiger partial charge is 0.257 e. The molecule has 168 valence electrons. The summed E-state index contributed by atoms with van der Waals surface area (Å²) in [7, 11) is 1.64. The van der Waals surface area contributed by atoms with Gasteiger partial charge in [0.25, 0.3) is 5.91 Å². The van der Waals surface area contributed by atoms with Crippen molar-refractivity contribution in [3.05, 3.63) is 59.9 Å². The molecule has 2 aliphatic heterocycles. The van der Waals surface area contributed by atoms with E-state index in [9.17, 15) is 9.59 Å². The van der Waals surface area contributed by atoms with Crippen molar-refractivity contribution in [2.75, 3.05) is 33.4 Å². The molecule has 7 nitrogen and oxygen atoms in total. The molecule has 1 aromatic heterocycles. The summed E-state index contributed by atoms with van der Waals surface area (Å²) in [4.78, 5) is 34.8. The Balaban J connectivity index is 1.41. The molecule has 1 aromatic carbocycles. The lowest BCUT2D eigenvalue weighted by molar-refractivity contribution is -0.173. The van der Waals surface area contributed by atoms with Crippen molar-refractivity contribution in [1.29, 1.82) is 0 Å². The molecule has 0 unspecified atom stereocenters. The standard InChI is InChI=1S/C25H29N3O4/c1-31-21-8-6-19(7-9-21)15-27-11-12-32-25(24(27)30)17-28(23(29)13-18-4-5-18)16-22(25)20-3-2-10-26-14-20/h2-3,6-10,14,18,22H,4-5,11-13,15-17H2,1H3/t22-,25+/m1/s1. The average molecular weight is 436 g/mol. The van der Waals surface area contributed by atoms with Crippen molar-refractivity contribution >= 4 is 11.8 Å². The third kappa shape index (κ3) is 3.97. The molecule has 0 bridgehead atoms. The highest BCUT2D eigenvalue weighted by Crippen LogP contribution is 2.43. The van der Waals surface area contributed by atoms with Crippen LogP contribution in [0.1, 0.15) is 36.3 Å². The number of nitrogens with zero attached hydrogens (tertiary/aromatic N) is 3. The number of carbonyl (C=O) groups excluding carboxylic acids is 2. The zero-order chi connectivity index (χ0) is 22.1. The second-order valence-electron chi connectivity index (χ2n) is 9.07. The van der Waals surface area contributed by atoms with Crippen molar-refractivity contribution in [2.24, 2.45) is 5.92 Å². The van der Waals surface area contributed by atoms with Gasteiger partial charge in [0.15, 0.2) is 5.60 Å². The first kappa shape index (κ1) is 20.9. The van der Waals surface area contributed by atoms with Gasteiger partial charge in [-0.15, -0.1) is 0 Å². The zero-order valence-electron chi connectivity index (χ0n) is 18.4. The van der Waals surface area contributed by atoms with Gasteiger partial charge >= 0.3 is 0 Å². The molecule has 1 saturated carbocycles. The number of likely N-dealkylation sites (tertiary alicyclic amines) is 1. The van der Waals surface area contributed by atoms with E-state index in [0.717, 1.165) is 29.7 Å². The maximum absolute atomic E-state index is 13.9. The van der Waals surface area contributed by atoms with E-state index in [2.05, 4.69) is 4.98 Å². The van der Waals surface area contributed by atoms with Crippen LogP contribution in [0.2, 0.25) is 0 Å². The van der Waals surface area contributed by atoms with Crippen LogP contribution in [0, 0.1) is 5.92 Å². The van der Waals surface area contributed by atoms with Gasteiger partial charge in [-0.2, -0.15) is 0 Å². The molecular weight excluding hydrogens is 406 g/mol. The minimum Gasteiger partial charge on any atom is -0.497 e. The molecule has 0 radical (unpaired) electrons. The number of ether oxygens (including phenoxy) is 2. The lowest BCUT2D eigenvalue weighted by Crippen LogP contribution is -2.60. The van der Waals surface area contributed by atoms with Crippen LogP contribution in [0.15, 0.2) is 48.8 Å². The van der Waals surface area contributed by atoms with Gasteiger partial charge in [0.05, 0.1) is 20.3 Å². The third-order valence-electron chi connectivity index (χ3n) is 6.89. The van der Waals surface area contributed by atoms with Crippen LogP contribution < -0.4 is 4.74 Å². The van der Waals surface area contributed by atoms with Crippen LogP contribution >= 0.6 is 0 Å². The Morgan fingerprint density at radius 2 is 2.06 bits per heavy atom. The van der Waals surface area contributed by atoms with Crippen molar-refractivity contribution < 1.29 is 19.1 Å². The van der Waals surface area contributed by atoms with Gasteiger partial charge in [0, 0.05) is 44.4 Å². The first-order valence-corrected chi connectivity index (χ1v) is 11.3. The molecule has 1 aliphatic carbocycles. The third-order valence-corrected chi connectivity index (χ3v) is 6.89. The number of amides is 2. The summed E-state index contributed by atoms with van der Waals surface area (Å²) < 4.78 is 11.5. The van der Waals surface area contributed by atoms with Crippen molar-refractivity contribution in [1.82, 2.24) is 14.8 Å². The van der Waals surface area contributed by atoms with Crippen LogP contribution in [-0.2, 0) is 20.9 Å². The maximum atomic E-state index is 13.9. The highest BCUT2D eigenvalue weighted by Gasteiger charge is 2.58. The highest BCUT2D eigenvalue weighted by molar-refractivity contribution is 5.90. The van der Waals surface area contributed by atoms with E-state index in [1.54, 1.807) is 19.5 Å². The Morgan fingerprint density at radius 1 is 1.25 bits per heavy atom. The quantitative estimate of drug-likeness (QED) is 0.698. The van der Waals surface area contributed by atoms with Gasteiger partial charge in [0.1, 0.15) is 5.75 Å². The van der Waals surface area contributed by atoms with E-state index in [0.29, 0.717) is 45.1 Å². The van der Waals surface area contributed by atoms with Crippen LogP contribution in [0.25, 0.3) is 0 Å². The van der Waals surface area contributed by atoms with E-state index in [1.807, 2.05) is 46.2 Å². The van der Waals surface area contributed by atoms with Gasteiger partial charge in [-0.1, -0.05) is 18.2 Å². The Bertz CT molecular complexity index is 976. The number of carbonyl (C=O) groups is 2. The van der Waals surface area contributed by atoms with Gasteiger partial charge in [-0.3, -0.25) is 14.6 Å². The zero-order valence-corrected chi connectivity index (χ0v) is 18.4. The second kappa shape index (κ2) is 8.54. The molecule has 3 heterocycles. The van der Waals surface area contributed by atoms with Crippen molar-refractivity contribution in [3.63, 3.8) is 0 Å². The number of hydrogen-bond acceptors (Lipinski definition) is 5. The fourth-order valence-corrected chi connectivity index (χ4v) is 4.90. The molecule has 32 heavy (non-hydrogen) atoms. The summed E-state index contributed by atoms with van der Waals surface area (Å²) in [6, 6.07) is 11.6. The van der Waals surface area contributed by atoms with Crippen molar-refractivity contribution in [3.8, 4) is 5.75 Å². The molecule has 2 amide bonds. The summed E-state index contributed by atoms with van der Waals surface area (Å²) in [6.45, 7) is 2.27. The lowest BCUT2D eigenvalue weighted by Gasteiger charge is -2.42. The SMILES string of the molecule is COc1ccc(CN2CCO[C@]3(CN(C(=O)CC4CC4)C[C@@H]3c3cccnc3)C2=O)cc1. The molecule has 7 heteroatoms.